The first-order valence-corrected chi connectivity index (χ1v) is 8.35. The van der Waals surface area contributed by atoms with E-state index in [1.807, 2.05) is 48.0 Å². The number of rotatable bonds is 10. The van der Waals surface area contributed by atoms with Gasteiger partial charge in [0.15, 0.2) is 0 Å². The van der Waals surface area contributed by atoms with Gasteiger partial charge in [0, 0.05) is 38.9 Å². The third kappa shape index (κ3) is 5.19. The Hall–Kier alpha value is -2.15. The molecule has 7 nitrogen and oxygen atoms in total. The van der Waals surface area contributed by atoms with Crippen LogP contribution < -0.4 is 0 Å². The summed E-state index contributed by atoms with van der Waals surface area (Å²) in [6.45, 7) is 4.17. The zero-order chi connectivity index (χ0) is 17.5. The lowest BCUT2D eigenvalue weighted by Gasteiger charge is -2.22. The van der Waals surface area contributed by atoms with Crippen LogP contribution in [0, 0.1) is 5.92 Å². The number of carboxylic acid groups (broad SMARTS) is 1. The van der Waals surface area contributed by atoms with E-state index in [2.05, 4.69) is 14.9 Å². The fraction of sp³-hybridized carbons (Fsp3) is 0.588. The van der Waals surface area contributed by atoms with Gasteiger partial charge in [-0.05, 0) is 19.4 Å². The molecule has 0 aliphatic carbocycles. The molecular weight excluding hydrogens is 306 g/mol. The Morgan fingerprint density at radius 1 is 1.12 bits per heavy atom. The zero-order valence-corrected chi connectivity index (χ0v) is 14.7. The molecule has 0 saturated heterocycles. The molecule has 0 saturated carbocycles. The van der Waals surface area contributed by atoms with Gasteiger partial charge in [-0.3, -0.25) is 9.69 Å². The van der Waals surface area contributed by atoms with E-state index in [4.69, 9.17) is 5.11 Å². The lowest BCUT2D eigenvalue weighted by atomic mass is 10.0. The molecule has 7 heteroatoms. The van der Waals surface area contributed by atoms with Crippen molar-refractivity contribution in [2.24, 2.45) is 20.0 Å². The molecule has 0 unspecified atom stereocenters. The minimum atomic E-state index is -0.715. The zero-order valence-electron chi connectivity index (χ0n) is 14.7. The Kier molecular flexibility index (Phi) is 6.54. The van der Waals surface area contributed by atoms with Crippen molar-refractivity contribution in [2.45, 2.75) is 39.3 Å². The molecule has 0 aromatic carbocycles. The topological polar surface area (TPSA) is 76.2 Å². The lowest BCUT2D eigenvalue weighted by Crippen LogP contribution is -2.27. The molecule has 132 valence electrons. The minimum Gasteiger partial charge on any atom is -0.481 e. The molecule has 0 radical (unpaired) electrons. The number of aliphatic carboxylic acids is 1. The summed E-state index contributed by atoms with van der Waals surface area (Å²) in [6.07, 6.45) is 10.1. The van der Waals surface area contributed by atoms with Crippen molar-refractivity contribution in [1.82, 2.24) is 24.0 Å². The average Bonchev–Trinajstić information content (AvgIpc) is 3.12. The first kappa shape index (κ1) is 18.2. The summed E-state index contributed by atoms with van der Waals surface area (Å²) in [5.41, 5.74) is 0. The highest BCUT2D eigenvalue weighted by molar-refractivity contribution is 5.69. The number of aromatic nitrogens is 4. The number of unbranched alkanes of at least 4 members (excludes halogenated alkanes) is 1. The second-order valence-electron chi connectivity index (χ2n) is 6.35. The maximum atomic E-state index is 10.9. The Balaban J connectivity index is 1.91. The van der Waals surface area contributed by atoms with Crippen molar-refractivity contribution in [3.8, 4) is 0 Å². The summed E-state index contributed by atoms with van der Waals surface area (Å²) < 4.78 is 4.05. The minimum absolute atomic E-state index is 0.275. The van der Waals surface area contributed by atoms with Crippen LogP contribution in [0.3, 0.4) is 0 Å². The molecule has 2 aromatic heterocycles. The number of carboxylic acids is 1. The van der Waals surface area contributed by atoms with Gasteiger partial charge in [0.05, 0.1) is 19.0 Å². The first-order chi connectivity index (χ1) is 11.5. The molecule has 1 N–H and O–H groups in total. The van der Waals surface area contributed by atoms with Crippen LogP contribution in [0.15, 0.2) is 24.8 Å². The van der Waals surface area contributed by atoms with Gasteiger partial charge in [-0.1, -0.05) is 13.3 Å². The molecular formula is C17H27N5O2. The number of imidazole rings is 2. The molecule has 2 rings (SSSR count). The van der Waals surface area contributed by atoms with Crippen LogP contribution in [0.25, 0.3) is 0 Å². The van der Waals surface area contributed by atoms with Crippen molar-refractivity contribution in [3.05, 3.63) is 36.4 Å². The van der Waals surface area contributed by atoms with Crippen molar-refractivity contribution < 1.29 is 9.90 Å². The fourth-order valence-corrected chi connectivity index (χ4v) is 2.62. The third-order valence-electron chi connectivity index (χ3n) is 4.36. The van der Waals surface area contributed by atoms with Crippen molar-refractivity contribution >= 4 is 5.97 Å². The Bertz CT molecular complexity index is 607. The van der Waals surface area contributed by atoms with Crippen LogP contribution in [-0.4, -0.2) is 41.6 Å². The molecule has 0 bridgehead atoms. The third-order valence-corrected chi connectivity index (χ3v) is 4.36. The van der Waals surface area contributed by atoms with Crippen LogP contribution in [-0.2, 0) is 32.0 Å². The van der Waals surface area contributed by atoms with Crippen molar-refractivity contribution in [1.29, 1.82) is 0 Å². The molecule has 0 spiro atoms. The van der Waals surface area contributed by atoms with Gasteiger partial charge in [0.1, 0.15) is 11.6 Å². The van der Waals surface area contributed by atoms with Gasteiger partial charge in [-0.25, -0.2) is 9.97 Å². The molecule has 1 atom stereocenters. The van der Waals surface area contributed by atoms with Crippen LogP contribution in [0.2, 0.25) is 0 Å². The molecule has 24 heavy (non-hydrogen) atoms. The summed E-state index contributed by atoms with van der Waals surface area (Å²) in [7, 11) is 3.99. The quantitative estimate of drug-likeness (QED) is 0.674. The van der Waals surface area contributed by atoms with Gasteiger partial charge in [-0.15, -0.1) is 0 Å². The summed E-state index contributed by atoms with van der Waals surface area (Å²) in [5, 5.41) is 8.96. The Morgan fingerprint density at radius 2 is 1.67 bits per heavy atom. The van der Waals surface area contributed by atoms with Crippen LogP contribution in [0.4, 0.5) is 0 Å². The highest BCUT2D eigenvalue weighted by Crippen LogP contribution is 2.12. The molecule has 2 aromatic rings. The second-order valence-corrected chi connectivity index (χ2v) is 6.35. The average molecular weight is 333 g/mol. The largest absolute Gasteiger partial charge is 0.481 e. The highest BCUT2D eigenvalue weighted by atomic mass is 16.4. The maximum Gasteiger partial charge on any atom is 0.306 e. The maximum absolute atomic E-state index is 10.9. The normalized spacial score (nSPS) is 12.7. The van der Waals surface area contributed by atoms with Gasteiger partial charge in [0.2, 0.25) is 0 Å². The van der Waals surface area contributed by atoms with Crippen LogP contribution in [0.1, 0.15) is 37.8 Å². The number of aryl methyl sites for hydroxylation is 2. The first-order valence-electron chi connectivity index (χ1n) is 8.35. The Labute approximate surface area is 142 Å². The van der Waals surface area contributed by atoms with Gasteiger partial charge in [-0.2, -0.15) is 0 Å². The molecule has 2 heterocycles. The number of nitrogens with zero attached hydrogens (tertiary/aromatic N) is 5. The van der Waals surface area contributed by atoms with E-state index in [1.165, 1.54) is 0 Å². The van der Waals surface area contributed by atoms with Crippen LogP contribution >= 0.6 is 0 Å². The molecule has 0 amide bonds. The monoisotopic (exact) mass is 333 g/mol. The summed E-state index contributed by atoms with van der Waals surface area (Å²) >= 11 is 0. The smallest absolute Gasteiger partial charge is 0.306 e. The van der Waals surface area contributed by atoms with E-state index >= 15 is 0 Å². The van der Waals surface area contributed by atoms with Gasteiger partial charge >= 0.3 is 5.97 Å². The SMILES string of the molecule is C[C@@H](CCCCN(Cc1nccn1C)Cc1nccn1C)C(=O)O. The summed E-state index contributed by atoms with van der Waals surface area (Å²) in [4.78, 5) is 22.0. The second kappa shape index (κ2) is 8.63. The molecule has 0 aliphatic rings. The van der Waals surface area contributed by atoms with Gasteiger partial charge < -0.3 is 14.2 Å². The van der Waals surface area contributed by atoms with E-state index in [0.29, 0.717) is 6.42 Å². The van der Waals surface area contributed by atoms with E-state index in [9.17, 15) is 4.79 Å². The molecule has 0 aliphatic heterocycles. The number of hydrogen-bond acceptors (Lipinski definition) is 4. The molecule has 0 fully saturated rings. The summed E-state index contributed by atoms with van der Waals surface area (Å²) in [6, 6.07) is 0. The fourth-order valence-electron chi connectivity index (χ4n) is 2.62. The van der Waals surface area contributed by atoms with Crippen molar-refractivity contribution in [2.75, 3.05) is 6.54 Å². The lowest BCUT2D eigenvalue weighted by molar-refractivity contribution is -0.141. The standard InChI is InChI=1S/C17H27N5O2/c1-14(17(23)24)6-4-5-9-22(12-15-18-7-10-20(15)2)13-16-19-8-11-21(16)3/h7-8,10-11,14H,4-6,9,12-13H2,1-3H3,(H,23,24)/t14-/m0/s1. The Morgan fingerprint density at radius 3 is 2.08 bits per heavy atom. The van der Waals surface area contributed by atoms with E-state index in [0.717, 1.165) is 44.1 Å². The number of carbonyl (C=O) groups is 1. The predicted molar refractivity (Wildman–Crippen MR) is 91.2 cm³/mol. The predicted octanol–water partition coefficient (Wildman–Crippen LogP) is 2.05. The number of hydrogen-bond donors (Lipinski definition) is 1. The highest BCUT2D eigenvalue weighted by Gasteiger charge is 2.14. The van der Waals surface area contributed by atoms with E-state index < -0.39 is 5.97 Å². The summed E-state index contributed by atoms with van der Waals surface area (Å²) in [5.74, 6) is 1.04. The van der Waals surface area contributed by atoms with E-state index in [1.54, 1.807) is 6.92 Å². The van der Waals surface area contributed by atoms with Crippen molar-refractivity contribution in [3.63, 3.8) is 0 Å². The van der Waals surface area contributed by atoms with Crippen LogP contribution in [0.5, 0.6) is 0 Å². The van der Waals surface area contributed by atoms with E-state index in [-0.39, 0.29) is 5.92 Å². The van der Waals surface area contributed by atoms with Gasteiger partial charge in [0.25, 0.3) is 0 Å².